The lowest BCUT2D eigenvalue weighted by Crippen LogP contribution is -1.79. The van der Waals surface area contributed by atoms with Gasteiger partial charge in [0.15, 0.2) is 11.6 Å². The van der Waals surface area contributed by atoms with Gasteiger partial charge in [-0.15, -0.1) is 0 Å². The van der Waals surface area contributed by atoms with E-state index >= 15 is 0 Å². The Morgan fingerprint density at radius 3 is 2.88 bits per heavy atom. The lowest BCUT2D eigenvalue weighted by molar-refractivity contribution is 0.435. The number of anilines is 1. The summed E-state index contributed by atoms with van der Waals surface area (Å²) in [6, 6.07) is 9.28. The Morgan fingerprint density at radius 1 is 1.25 bits per heavy atom. The molecule has 1 aromatic carbocycles. The number of nitrogens with two attached hydrogens (primary N) is 1. The molecule has 0 spiro atoms. The summed E-state index contributed by atoms with van der Waals surface area (Å²) in [6.07, 6.45) is 0. The number of aromatic amines is 1. The van der Waals surface area contributed by atoms with Crippen LogP contribution in [0.5, 0.6) is 0 Å². The monoisotopic (exact) mass is 233 g/mol. The summed E-state index contributed by atoms with van der Waals surface area (Å²) in [5.74, 6) is 0.983. The van der Waals surface area contributed by atoms with E-state index in [1.807, 2.05) is 24.3 Å². The largest absolute Gasteiger partial charge is 0.381 e. The highest BCUT2D eigenvalue weighted by Crippen LogP contribution is 2.26. The molecule has 3 rings (SSSR count). The summed E-state index contributed by atoms with van der Waals surface area (Å²) >= 11 is 5.90. The van der Waals surface area contributed by atoms with Crippen LogP contribution in [0.15, 0.2) is 34.9 Å². The highest BCUT2D eigenvalue weighted by molar-refractivity contribution is 6.31. The number of hydrogen-bond donors (Lipinski definition) is 2. The summed E-state index contributed by atoms with van der Waals surface area (Å²) in [7, 11) is 0. The highest BCUT2D eigenvalue weighted by atomic mass is 35.5. The molecule has 80 valence electrons. The molecule has 3 N–H and O–H groups in total. The molecular weight excluding hydrogens is 226 g/mol. The smallest absolute Gasteiger partial charge is 0.185 e. The first kappa shape index (κ1) is 9.30. The van der Waals surface area contributed by atoms with E-state index in [0.717, 1.165) is 16.6 Å². The number of halogens is 1. The number of benzene rings is 1. The standard InChI is InChI=1S/C11H8ClN3O/c12-7-2-1-6-3-9(14-8(6)4-7)10-5-11(13)15-16-10/h1-5,14H,(H2,13,15). The summed E-state index contributed by atoms with van der Waals surface area (Å²) < 4.78 is 5.07. The molecular formula is C11H8ClN3O. The fourth-order valence-electron chi connectivity index (χ4n) is 1.65. The van der Waals surface area contributed by atoms with Crippen LogP contribution in [0.25, 0.3) is 22.4 Å². The molecule has 0 amide bonds. The van der Waals surface area contributed by atoms with Gasteiger partial charge in [0.1, 0.15) is 0 Å². The third-order valence-electron chi connectivity index (χ3n) is 2.38. The molecule has 0 saturated heterocycles. The normalized spacial score (nSPS) is 11.1. The number of hydrogen-bond acceptors (Lipinski definition) is 3. The summed E-state index contributed by atoms with van der Waals surface area (Å²) in [5, 5.41) is 5.39. The van der Waals surface area contributed by atoms with Gasteiger partial charge < -0.3 is 15.2 Å². The minimum Gasteiger partial charge on any atom is -0.381 e. The molecule has 0 aliphatic carbocycles. The van der Waals surface area contributed by atoms with Crippen molar-refractivity contribution in [3.05, 3.63) is 35.4 Å². The van der Waals surface area contributed by atoms with Crippen molar-refractivity contribution in [3.63, 3.8) is 0 Å². The van der Waals surface area contributed by atoms with Crippen LogP contribution in [0.3, 0.4) is 0 Å². The Kier molecular flexibility index (Phi) is 1.91. The lowest BCUT2D eigenvalue weighted by Gasteiger charge is -1.89. The Hall–Kier alpha value is -1.94. The fraction of sp³-hybridized carbons (Fsp3) is 0. The molecule has 0 bridgehead atoms. The second-order valence-corrected chi connectivity index (χ2v) is 3.97. The number of fused-ring (bicyclic) bond motifs is 1. The van der Waals surface area contributed by atoms with E-state index in [1.165, 1.54) is 0 Å². The third-order valence-corrected chi connectivity index (χ3v) is 2.61. The van der Waals surface area contributed by atoms with Crippen LogP contribution in [0.4, 0.5) is 5.82 Å². The van der Waals surface area contributed by atoms with Crippen molar-refractivity contribution >= 4 is 28.3 Å². The highest BCUT2D eigenvalue weighted by Gasteiger charge is 2.08. The van der Waals surface area contributed by atoms with E-state index in [1.54, 1.807) is 6.07 Å². The molecule has 16 heavy (non-hydrogen) atoms. The van der Waals surface area contributed by atoms with Gasteiger partial charge in [-0.2, -0.15) is 0 Å². The van der Waals surface area contributed by atoms with Gasteiger partial charge in [-0.25, -0.2) is 0 Å². The quantitative estimate of drug-likeness (QED) is 0.679. The van der Waals surface area contributed by atoms with Gasteiger partial charge >= 0.3 is 0 Å². The first-order valence-corrected chi connectivity index (χ1v) is 5.11. The van der Waals surface area contributed by atoms with Gasteiger partial charge in [-0.1, -0.05) is 22.8 Å². The molecule has 5 heteroatoms. The molecule has 2 aromatic heterocycles. The predicted octanol–water partition coefficient (Wildman–Crippen LogP) is 3.06. The number of nitrogen functional groups attached to an aromatic ring is 1. The maximum Gasteiger partial charge on any atom is 0.185 e. The van der Waals surface area contributed by atoms with Crippen molar-refractivity contribution in [3.8, 4) is 11.5 Å². The van der Waals surface area contributed by atoms with E-state index in [-0.39, 0.29) is 0 Å². The number of nitrogens with zero attached hydrogens (tertiary/aromatic N) is 1. The molecule has 2 heterocycles. The van der Waals surface area contributed by atoms with Crippen molar-refractivity contribution in [2.24, 2.45) is 0 Å². The second-order valence-electron chi connectivity index (χ2n) is 3.53. The first-order valence-electron chi connectivity index (χ1n) is 4.73. The van der Waals surface area contributed by atoms with Crippen LogP contribution in [-0.2, 0) is 0 Å². The molecule has 0 unspecified atom stereocenters. The average molecular weight is 234 g/mol. The van der Waals surface area contributed by atoms with E-state index in [4.69, 9.17) is 21.9 Å². The Balaban J connectivity index is 2.18. The van der Waals surface area contributed by atoms with Crippen LogP contribution in [0, 0.1) is 0 Å². The zero-order valence-corrected chi connectivity index (χ0v) is 8.95. The third kappa shape index (κ3) is 1.44. The first-order chi connectivity index (χ1) is 7.72. The number of aromatic nitrogens is 2. The lowest BCUT2D eigenvalue weighted by atomic mass is 10.2. The number of rotatable bonds is 1. The number of H-pyrrole nitrogens is 1. The molecule has 0 atom stereocenters. The Bertz CT molecular complexity index is 656. The van der Waals surface area contributed by atoms with Crippen LogP contribution in [0.1, 0.15) is 0 Å². The topological polar surface area (TPSA) is 67.8 Å². The predicted molar refractivity (Wildman–Crippen MR) is 63.2 cm³/mol. The molecule has 0 fully saturated rings. The zero-order chi connectivity index (χ0) is 11.1. The van der Waals surface area contributed by atoms with Crippen molar-refractivity contribution in [2.75, 3.05) is 5.73 Å². The summed E-state index contributed by atoms with van der Waals surface area (Å²) in [6.45, 7) is 0. The van der Waals surface area contributed by atoms with Gasteiger partial charge in [0.2, 0.25) is 0 Å². The number of nitrogens with one attached hydrogen (secondary N) is 1. The van der Waals surface area contributed by atoms with Crippen molar-refractivity contribution < 1.29 is 4.52 Å². The maximum atomic E-state index is 5.90. The van der Waals surface area contributed by atoms with Gasteiger partial charge in [0.25, 0.3) is 0 Å². The summed E-state index contributed by atoms with van der Waals surface area (Å²) in [4.78, 5) is 3.19. The summed E-state index contributed by atoms with van der Waals surface area (Å²) in [5.41, 5.74) is 7.29. The maximum absolute atomic E-state index is 5.90. The minimum absolute atomic E-state index is 0.367. The van der Waals surface area contributed by atoms with E-state index in [9.17, 15) is 0 Å². The Morgan fingerprint density at radius 2 is 2.12 bits per heavy atom. The molecule has 0 saturated carbocycles. The average Bonchev–Trinajstić information content (AvgIpc) is 2.83. The molecule has 0 aliphatic rings. The minimum atomic E-state index is 0.367. The Labute approximate surface area is 96.0 Å². The van der Waals surface area contributed by atoms with E-state index in [0.29, 0.717) is 16.6 Å². The van der Waals surface area contributed by atoms with Crippen LogP contribution in [-0.4, -0.2) is 10.1 Å². The van der Waals surface area contributed by atoms with Gasteiger partial charge in [0, 0.05) is 22.0 Å². The van der Waals surface area contributed by atoms with E-state index < -0.39 is 0 Å². The zero-order valence-electron chi connectivity index (χ0n) is 8.20. The molecule has 0 aliphatic heterocycles. The van der Waals surface area contributed by atoms with Crippen molar-refractivity contribution in [1.29, 1.82) is 0 Å². The molecule has 0 radical (unpaired) electrons. The molecule has 3 aromatic rings. The van der Waals surface area contributed by atoms with Crippen LogP contribution >= 0.6 is 11.6 Å². The van der Waals surface area contributed by atoms with Crippen LogP contribution < -0.4 is 5.73 Å². The van der Waals surface area contributed by atoms with E-state index in [2.05, 4.69) is 10.1 Å². The second kappa shape index (κ2) is 3.28. The fourth-order valence-corrected chi connectivity index (χ4v) is 1.82. The van der Waals surface area contributed by atoms with Gasteiger partial charge in [-0.05, 0) is 18.2 Å². The molecule has 4 nitrogen and oxygen atoms in total. The van der Waals surface area contributed by atoms with Gasteiger partial charge in [-0.3, -0.25) is 0 Å². The van der Waals surface area contributed by atoms with Gasteiger partial charge in [0.05, 0.1) is 5.69 Å². The van der Waals surface area contributed by atoms with Crippen molar-refractivity contribution in [1.82, 2.24) is 10.1 Å². The van der Waals surface area contributed by atoms with Crippen LogP contribution in [0.2, 0.25) is 5.02 Å². The SMILES string of the molecule is Nc1cc(-c2cc3ccc(Cl)cc3[nH]2)on1. The van der Waals surface area contributed by atoms with Crippen molar-refractivity contribution in [2.45, 2.75) is 0 Å².